The minimum absolute atomic E-state index is 0.141. The molecule has 2 heterocycles. The molecule has 0 aliphatic heterocycles. The zero-order chi connectivity index (χ0) is 13.7. The summed E-state index contributed by atoms with van der Waals surface area (Å²) in [6.07, 6.45) is 2.84. The number of hydrogen-bond acceptors (Lipinski definition) is 4. The summed E-state index contributed by atoms with van der Waals surface area (Å²) in [5.41, 5.74) is 0. The lowest BCUT2D eigenvalue weighted by molar-refractivity contribution is 0.240. The highest BCUT2D eigenvalue weighted by Gasteiger charge is 2.04. The Labute approximate surface area is 120 Å². The first kappa shape index (κ1) is 14.0. The molecule has 2 aromatic heterocycles. The number of urea groups is 1. The fourth-order valence-corrected chi connectivity index (χ4v) is 3.22. The SMILES string of the molecule is CCc1ccc(CNC(=O)NCc2cnc(C)s2)s1. The van der Waals surface area contributed by atoms with Crippen LogP contribution in [-0.4, -0.2) is 11.0 Å². The van der Waals surface area contributed by atoms with Crippen LogP contribution in [-0.2, 0) is 19.5 Å². The third kappa shape index (κ3) is 4.33. The van der Waals surface area contributed by atoms with Crippen LogP contribution in [0.1, 0.15) is 26.6 Å². The van der Waals surface area contributed by atoms with Crippen molar-refractivity contribution >= 4 is 28.7 Å². The number of amides is 2. The van der Waals surface area contributed by atoms with Gasteiger partial charge in [-0.25, -0.2) is 9.78 Å². The molecule has 2 amide bonds. The highest BCUT2D eigenvalue weighted by Crippen LogP contribution is 2.16. The lowest BCUT2D eigenvalue weighted by Gasteiger charge is -2.05. The van der Waals surface area contributed by atoms with E-state index >= 15 is 0 Å². The summed E-state index contributed by atoms with van der Waals surface area (Å²) >= 11 is 3.34. The molecule has 0 atom stereocenters. The molecule has 19 heavy (non-hydrogen) atoms. The maximum atomic E-state index is 11.6. The molecule has 0 aliphatic rings. The van der Waals surface area contributed by atoms with Crippen LogP contribution in [0.5, 0.6) is 0 Å². The molecule has 2 N–H and O–H groups in total. The van der Waals surface area contributed by atoms with E-state index in [9.17, 15) is 4.79 Å². The van der Waals surface area contributed by atoms with E-state index in [1.54, 1.807) is 28.9 Å². The largest absolute Gasteiger partial charge is 0.333 e. The van der Waals surface area contributed by atoms with E-state index in [1.807, 2.05) is 6.92 Å². The van der Waals surface area contributed by atoms with Gasteiger partial charge in [0.15, 0.2) is 0 Å². The number of nitrogens with one attached hydrogen (secondary N) is 2. The Morgan fingerprint density at radius 3 is 2.42 bits per heavy atom. The van der Waals surface area contributed by atoms with Crippen molar-refractivity contribution in [3.05, 3.63) is 38.0 Å². The summed E-state index contributed by atoms with van der Waals surface area (Å²) in [4.78, 5) is 19.4. The van der Waals surface area contributed by atoms with Gasteiger partial charge in [-0.15, -0.1) is 22.7 Å². The molecule has 2 rings (SSSR count). The van der Waals surface area contributed by atoms with Crippen LogP contribution >= 0.6 is 22.7 Å². The summed E-state index contributed by atoms with van der Waals surface area (Å²) < 4.78 is 0. The van der Waals surface area contributed by atoms with Gasteiger partial charge < -0.3 is 10.6 Å². The second-order valence-electron chi connectivity index (χ2n) is 4.10. The molecule has 6 heteroatoms. The van der Waals surface area contributed by atoms with Gasteiger partial charge in [-0.3, -0.25) is 0 Å². The van der Waals surface area contributed by atoms with Crippen molar-refractivity contribution in [1.29, 1.82) is 0 Å². The smallest absolute Gasteiger partial charge is 0.315 e. The minimum Gasteiger partial charge on any atom is -0.333 e. The fourth-order valence-electron chi connectivity index (χ4n) is 1.59. The van der Waals surface area contributed by atoms with Gasteiger partial charge in [0.1, 0.15) is 0 Å². The Morgan fingerprint density at radius 2 is 1.84 bits per heavy atom. The average molecular weight is 295 g/mol. The summed E-state index contributed by atoms with van der Waals surface area (Å²) in [6, 6.07) is 4.04. The Hall–Kier alpha value is -1.40. The molecule has 4 nitrogen and oxygen atoms in total. The number of aryl methyl sites for hydroxylation is 2. The molecular weight excluding hydrogens is 278 g/mol. The van der Waals surface area contributed by atoms with Gasteiger partial charge in [0.25, 0.3) is 0 Å². The monoisotopic (exact) mass is 295 g/mol. The second kappa shape index (κ2) is 6.68. The van der Waals surface area contributed by atoms with Crippen LogP contribution in [0.15, 0.2) is 18.3 Å². The Balaban J connectivity index is 1.72. The topological polar surface area (TPSA) is 54.0 Å². The molecule has 0 aliphatic carbocycles. The van der Waals surface area contributed by atoms with Crippen molar-refractivity contribution < 1.29 is 4.79 Å². The number of thiazole rings is 1. The maximum Gasteiger partial charge on any atom is 0.315 e. The molecule has 0 aromatic carbocycles. The number of hydrogen-bond donors (Lipinski definition) is 2. The van der Waals surface area contributed by atoms with E-state index in [4.69, 9.17) is 0 Å². The summed E-state index contributed by atoms with van der Waals surface area (Å²) in [5, 5.41) is 6.70. The molecule has 0 saturated heterocycles. The maximum absolute atomic E-state index is 11.6. The number of carbonyl (C=O) groups is 1. The number of carbonyl (C=O) groups excluding carboxylic acids is 1. The van der Waals surface area contributed by atoms with Gasteiger partial charge in [-0.1, -0.05) is 6.92 Å². The molecule has 0 bridgehead atoms. The highest BCUT2D eigenvalue weighted by atomic mass is 32.1. The van der Waals surface area contributed by atoms with Gasteiger partial charge in [0, 0.05) is 20.8 Å². The Morgan fingerprint density at radius 1 is 1.16 bits per heavy atom. The fraction of sp³-hybridized carbons (Fsp3) is 0.385. The first-order chi connectivity index (χ1) is 9.17. The van der Waals surface area contributed by atoms with E-state index in [0.717, 1.165) is 16.3 Å². The van der Waals surface area contributed by atoms with Crippen LogP contribution in [0, 0.1) is 6.92 Å². The van der Waals surface area contributed by atoms with Gasteiger partial charge in [0.2, 0.25) is 0 Å². The minimum atomic E-state index is -0.141. The van der Waals surface area contributed by atoms with Gasteiger partial charge in [-0.2, -0.15) is 0 Å². The molecule has 0 saturated carbocycles. The van der Waals surface area contributed by atoms with Crippen LogP contribution < -0.4 is 10.6 Å². The predicted molar refractivity (Wildman–Crippen MR) is 79.6 cm³/mol. The van der Waals surface area contributed by atoms with Crippen LogP contribution in [0.4, 0.5) is 4.79 Å². The third-order valence-corrected chi connectivity index (χ3v) is 4.72. The number of aromatic nitrogens is 1. The van der Waals surface area contributed by atoms with Crippen LogP contribution in [0.25, 0.3) is 0 Å². The zero-order valence-corrected chi connectivity index (χ0v) is 12.7. The van der Waals surface area contributed by atoms with Crippen molar-refractivity contribution in [3.8, 4) is 0 Å². The molecule has 0 fully saturated rings. The van der Waals surface area contributed by atoms with E-state index < -0.39 is 0 Å². The predicted octanol–water partition coefficient (Wildman–Crippen LogP) is 3.07. The molecule has 0 unspecified atom stereocenters. The van der Waals surface area contributed by atoms with Crippen LogP contribution in [0.3, 0.4) is 0 Å². The molecule has 102 valence electrons. The molecule has 2 aromatic rings. The van der Waals surface area contributed by atoms with Gasteiger partial charge in [0.05, 0.1) is 18.1 Å². The molecule has 0 radical (unpaired) electrons. The van der Waals surface area contributed by atoms with E-state index in [1.165, 1.54) is 9.75 Å². The van der Waals surface area contributed by atoms with Crippen molar-refractivity contribution in [1.82, 2.24) is 15.6 Å². The lowest BCUT2D eigenvalue weighted by Crippen LogP contribution is -2.34. The standard InChI is InChI=1S/C13H17N3OS2/c1-3-10-4-5-11(19-10)6-15-13(17)16-8-12-7-14-9(2)18-12/h4-5,7H,3,6,8H2,1-2H3,(H2,15,16,17). The average Bonchev–Trinajstić information content (AvgIpc) is 3.02. The lowest BCUT2D eigenvalue weighted by atomic mass is 10.4. The first-order valence-electron chi connectivity index (χ1n) is 6.18. The summed E-state index contributed by atoms with van der Waals surface area (Å²) in [6.45, 7) is 5.20. The summed E-state index contributed by atoms with van der Waals surface area (Å²) in [7, 11) is 0. The quantitative estimate of drug-likeness (QED) is 0.890. The van der Waals surface area contributed by atoms with Gasteiger partial charge >= 0.3 is 6.03 Å². The van der Waals surface area contributed by atoms with Crippen molar-refractivity contribution in [2.45, 2.75) is 33.4 Å². The number of thiophene rings is 1. The number of nitrogens with zero attached hydrogens (tertiary/aromatic N) is 1. The van der Waals surface area contributed by atoms with E-state index in [0.29, 0.717) is 13.1 Å². The zero-order valence-electron chi connectivity index (χ0n) is 11.0. The summed E-state index contributed by atoms with van der Waals surface area (Å²) in [5.74, 6) is 0. The molecular formula is C13H17N3OS2. The number of rotatable bonds is 5. The molecule has 0 spiro atoms. The normalized spacial score (nSPS) is 10.4. The third-order valence-electron chi connectivity index (χ3n) is 2.58. The van der Waals surface area contributed by atoms with Crippen molar-refractivity contribution in [2.75, 3.05) is 0 Å². The Bertz CT molecular complexity index is 548. The first-order valence-corrected chi connectivity index (χ1v) is 7.81. The van der Waals surface area contributed by atoms with Crippen LogP contribution in [0.2, 0.25) is 0 Å². The van der Waals surface area contributed by atoms with Gasteiger partial charge in [-0.05, 0) is 25.5 Å². The van der Waals surface area contributed by atoms with Crippen molar-refractivity contribution in [3.63, 3.8) is 0 Å². The van der Waals surface area contributed by atoms with E-state index in [-0.39, 0.29) is 6.03 Å². The Kier molecular flexibility index (Phi) is 4.93. The van der Waals surface area contributed by atoms with Crippen molar-refractivity contribution in [2.24, 2.45) is 0 Å². The highest BCUT2D eigenvalue weighted by molar-refractivity contribution is 7.12. The second-order valence-corrected chi connectivity index (χ2v) is 6.68. The van der Waals surface area contributed by atoms with E-state index in [2.05, 4.69) is 34.7 Å².